The van der Waals surface area contributed by atoms with Gasteiger partial charge in [-0.15, -0.1) is 6.58 Å². The third-order valence-corrected chi connectivity index (χ3v) is 9.16. The number of carbonyl (C=O) groups is 4. The molecule has 0 spiro atoms. The fourth-order valence-corrected chi connectivity index (χ4v) is 6.29. The summed E-state index contributed by atoms with van der Waals surface area (Å²) in [7, 11) is 0. The molecule has 3 unspecified atom stereocenters. The topological polar surface area (TPSA) is 140 Å². The Morgan fingerprint density at radius 3 is 2.39 bits per heavy atom. The van der Waals surface area contributed by atoms with Crippen LogP contribution in [0.2, 0.25) is 0 Å². The van der Waals surface area contributed by atoms with Crippen LogP contribution in [0.25, 0.3) is 0 Å². The second kappa shape index (κ2) is 11.0. The third-order valence-electron chi connectivity index (χ3n) is 7.69. The summed E-state index contributed by atoms with van der Waals surface area (Å²) in [5, 5.41) is 5.55. The first-order valence-corrected chi connectivity index (χ1v) is 14.3. The highest BCUT2D eigenvalue weighted by Gasteiger charge is 2.62. The van der Waals surface area contributed by atoms with E-state index in [4.69, 9.17) is 4.74 Å². The molecule has 11 heteroatoms. The smallest absolute Gasteiger partial charge is 0.408 e. The molecular formula is C25H38N4O6S. The third kappa shape index (κ3) is 5.82. The predicted molar refractivity (Wildman–Crippen MR) is 134 cm³/mol. The molecule has 0 aromatic heterocycles. The van der Waals surface area contributed by atoms with Crippen molar-refractivity contribution in [2.24, 2.45) is 11.8 Å². The minimum absolute atomic E-state index is 0.0218. The van der Waals surface area contributed by atoms with Gasteiger partial charge < -0.3 is 24.8 Å². The Balaban J connectivity index is 1.39. The fraction of sp³-hybridized carbons (Fsp3) is 0.760. The van der Waals surface area contributed by atoms with Crippen LogP contribution < -0.4 is 15.4 Å². The Kier molecular flexibility index (Phi) is 8.18. The standard InChI is InChI=1S/C25H38N4O6S/c1-4-16-14-25(16,23(32)28-36(34)18-11-12-18)27-21(30)19-10-7-13-29(19)22(31)20(15(2)3)26-24(33)35-17-8-5-6-9-17/h4,15-20H,1,5-14H2,2-3H3,(H,26,33)(H,27,30)(H,28,32)/t16?,19-,20-,25?,36?/m0/s1. The lowest BCUT2D eigenvalue weighted by atomic mass is 10.0. The molecule has 3 N–H and O–H groups in total. The van der Waals surface area contributed by atoms with Gasteiger partial charge in [0, 0.05) is 25.3 Å². The largest absolute Gasteiger partial charge is 0.593 e. The number of likely N-dealkylation sites (tertiary alicyclic amines) is 1. The van der Waals surface area contributed by atoms with Crippen LogP contribution >= 0.6 is 0 Å². The van der Waals surface area contributed by atoms with E-state index >= 15 is 0 Å². The Hall–Kier alpha value is -2.27. The predicted octanol–water partition coefficient (Wildman–Crippen LogP) is 1.67. The van der Waals surface area contributed by atoms with Gasteiger partial charge in [-0.05, 0) is 50.9 Å². The van der Waals surface area contributed by atoms with Crippen molar-refractivity contribution < 1.29 is 28.5 Å². The lowest BCUT2D eigenvalue weighted by molar-refractivity contribution is -0.141. The van der Waals surface area contributed by atoms with Crippen LogP contribution in [0.3, 0.4) is 0 Å². The average Bonchev–Trinajstić information content (AvgIpc) is 3.69. The Morgan fingerprint density at radius 2 is 1.81 bits per heavy atom. The van der Waals surface area contributed by atoms with Gasteiger partial charge in [-0.2, -0.15) is 4.72 Å². The van der Waals surface area contributed by atoms with Crippen LogP contribution in [0.4, 0.5) is 4.79 Å². The minimum atomic E-state index is -1.47. The van der Waals surface area contributed by atoms with Crippen molar-refractivity contribution >= 4 is 35.2 Å². The number of hydrogen-bond acceptors (Lipinski definition) is 6. The Bertz CT molecular complexity index is 890. The van der Waals surface area contributed by atoms with Gasteiger partial charge >= 0.3 is 6.09 Å². The Morgan fingerprint density at radius 1 is 1.11 bits per heavy atom. The van der Waals surface area contributed by atoms with Gasteiger partial charge in [-0.3, -0.25) is 14.4 Å². The minimum Gasteiger partial charge on any atom is -0.593 e. The van der Waals surface area contributed by atoms with E-state index in [0.717, 1.165) is 38.5 Å². The maximum Gasteiger partial charge on any atom is 0.408 e. The summed E-state index contributed by atoms with van der Waals surface area (Å²) in [6.07, 6.45) is 7.70. The molecule has 1 heterocycles. The van der Waals surface area contributed by atoms with E-state index in [1.807, 2.05) is 13.8 Å². The van der Waals surface area contributed by atoms with Gasteiger partial charge in [0.15, 0.2) is 0 Å². The zero-order chi connectivity index (χ0) is 26.0. The summed E-state index contributed by atoms with van der Waals surface area (Å²) in [6.45, 7) is 7.81. The second-order valence-electron chi connectivity index (χ2n) is 10.8. The molecule has 4 fully saturated rings. The lowest BCUT2D eigenvalue weighted by Crippen LogP contribution is -2.59. The molecule has 1 aliphatic heterocycles. The fourth-order valence-electron chi connectivity index (χ4n) is 5.20. The van der Waals surface area contributed by atoms with E-state index in [1.165, 1.54) is 4.90 Å². The second-order valence-corrected chi connectivity index (χ2v) is 12.3. The van der Waals surface area contributed by atoms with Gasteiger partial charge in [-0.1, -0.05) is 19.9 Å². The molecule has 36 heavy (non-hydrogen) atoms. The van der Waals surface area contributed by atoms with Crippen LogP contribution in [-0.2, 0) is 30.5 Å². The van der Waals surface area contributed by atoms with Crippen molar-refractivity contribution in [1.82, 2.24) is 20.3 Å². The SMILES string of the molecule is C=CC1CC1(NC(=O)[C@@H]1CCCN1C(=O)[C@@H](NC(=O)OC1CCCC1)C(C)C)C(=O)N[S+]([O-])C1CC1. The van der Waals surface area contributed by atoms with Crippen molar-refractivity contribution in [3.05, 3.63) is 12.7 Å². The first kappa shape index (κ1) is 26.8. The zero-order valence-corrected chi connectivity index (χ0v) is 21.9. The number of rotatable bonds is 10. The van der Waals surface area contributed by atoms with Crippen molar-refractivity contribution in [3.63, 3.8) is 0 Å². The number of nitrogens with zero attached hydrogens (tertiary/aromatic N) is 1. The molecule has 4 aliphatic rings. The quantitative estimate of drug-likeness (QED) is 0.295. The average molecular weight is 523 g/mol. The molecular weight excluding hydrogens is 484 g/mol. The highest BCUT2D eigenvalue weighted by Crippen LogP contribution is 2.45. The monoisotopic (exact) mass is 522 g/mol. The van der Waals surface area contributed by atoms with Gasteiger partial charge in [-0.25, -0.2) is 4.79 Å². The highest BCUT2D eigenvalue weighted by molar-refractivity contribution is 7.90. The molecule has 0 aromatic carbocycles. The van der Waals surface area contributed by atoms with Crippen LogP contribution in [0.15, 0.2) is 12.7 Å². The molecule has 0 radical (unpaired) electrons. The summed E-state index contributed by atoms with van der Waals surface area (Å²) >= 11 is -1.47. The van der Waals surface area contributed by atoms with Crippen molar-refractivity contribution in [1.29, 1.82) is 0 Å². The summed E-state index contributed by atoms with van der Waals surface area (Å²) in [4.78, 5) is 53.7. The molecule has 10 nitrogen and oxygen atoms in total. The maximum atomic E-state index is 13.5. The number of nitrogens with one attached hydrogen (secondary N) is 3. The zero-order valence-electron chi connectivity index (χ0n) is 21.1. The van der Waals surface area contributed by atoms with Crippen LogP contribution in [0.5, 0.6) is 0 Å². The number of alkyl carbamates (subject to hydrolysis) is 1. The molecule has 4 amide bonds. The van der Waals surface area contributed by atoms with Gasteiger partial charge in [0.2, 0.25) is 11.8 Å². The summed E-state index contributed by atoms with van der Waals surface area (Å²) in [5.41, 5.74) is -1.19. The molecule has 0 aromatic rings. The molecule has 200 valence electrons. The van der Waals surface area contributed by atoms with E-state index in [2.05, 4.69) is 21.9 Å². The first-order valence-electron chi connectivity index (χ1n) is 13.1. The van der Waals surface area contributed by atoms with Crippen LogP contribution in [0, 0.1) is 11.8 Å². The molecule has 1 saturated heterocycles. The number of hydrogen-bond donors (Lipinski definition) is 3. The number of carbonyl (C=O) groups excluding carboxylic acids is 4. The summed E-state index contributed by atoms with van der Waals surface area (Å²) in [6, 6.07) is -1.58. The maximum absolute atomic E-state index is 13.5. The summed E-state index contributed by atoms with van der Waals surface area (Å²) in [5.74, 6) is -1.71. The first-order chi connectivity index (χ1) is 17.2. The molecule has 3 saturated carbocycles. The van der Waals surface area contributed by atoms with E-state index in [1.54, 1.807) is 6.08 Å². The van der Waals surface area contributed by atoms with E-state index in [9.17, 15) is 23.7 Å². The molecule has 5 atom stereocenters. The van der Waals surface area contributed by atoms with Crippen LogP contribution in [-0.4, -0.2) is 68.8 Å². The number of amides is 4. The van der Waals surface area contributed by atoms with Crippen molar-refractivity contribution in [2.45, 2.75) is 101 Å². The number of ether oxygens (including phenoxy) is 1. The normalized spacial score (nSPS) is 29.4. The van der Waals surface area contributed by atoms with E-state index in [-0.39, 0.29) is 29.1 Å². The van der Waals surface area contributed by atoms with Gasteiger partial charge in [0.05, 0.1) is 11.4 Å². The molecule has 0 bridgehead atoms. The van der Waals surface area contributed by atoms with Gasteiger partial charge in [0.25, 0.3) is 5.91 Å². The van der Waals surface area contributed by atoms with E-state index < -0.39 is 46.9 Å². The van der Waals surface area contributed by atoms with E-state index in [0.29, 0.717) is 25.8 Å². The molecule has 3 aliphatic carbocycles. The summed E-state index contributed by atoms with van der Waals surface area (Å²) < 4.78 is 20.3. The lowest BCUT2D eigenvalue weighted by Gasteiger charge is -2.31. The van der Waals surface area contributed by atoms with Crippen molar-refractivity contribution in [2.75, 3.05) is 6.54 Å². The van der Waals surface area contributed by atoms with Crippen molar-refractivity contribution in [3.8, 4) is 0 Å². The molecule has 4 rings (SSSR count). The van der Waals surface area contributed by atoms with Crippen LogP contribution in [0.1, 0.15) is 71.6 Å². The Labute approximate surface area is 215 Å². The highest BCUT2D eigenvalue weighted by atomic mass is 32.2. The van der Waals surface area contributed by atoms with Gasteiger partial charge in [0.1, 0.15) is 29.0 Å².